The smallest absolute Gasteiger partial charge is 0.241 e. The van der Waals surface area contributed by atoms with Crippen LogP contribution >= 0.6 is 0 Å². The zero-order chi connectivity index (χ0) is 9.68. The third kappa shape index (κ3) is 3.11. The Morgan fingerprint density at radius 1 is 1.38 bits per heavy atom. The molecule has 0 heterocycles. The van der Waals surface area contributed by atoms with Gasteiger partial charge in [-0.1, -0.05) is 43.3 Å². The van der Waals surface area contributed by atoms with Gasteiger partial charge in [0.1, 0.15) is 0 Å². The van der Waals surface area contributed by atoms with Crippen molar-refractivity contribution in [1.29, 1.82) is 0 Å². The van der Waals surface area contributed by atoms with Crippen molar-refractivity contribution >= 4 is 5.91 Å². The first-order valence-electron chi connectivity index (χ1n) is 4.22. The topological polar surface area (TPSA) is 43.1 Å². The molecular formula is C11H13NO. The van der Waals surface area contributed by atoms with Crippen LogP contribution < -0.4 is 5.73 Å². The molecule has 2 nitrogen and oxygen atoms in total. The van der Waals surface area contributed by atoms with Crippen LogP contribution in [0.4, 0.5) is 0 Å². The number of primary amides is 1. The van der Waals surface area contributed by atoms with Crippen molar-refractivity contribution in [1.82, 2.24) is 0 Å². The molecule has 0 aromatic heterocycles. The summed E-state index contributed by atoms with van der Waals surface area (Å²) in [6.45, 7) is 2.02. The second-order valence-corrected chi connectivity index (χ2v) is 2.96. The SMILES string of the molecule is CC(/C=C/C(N)=O)c1ccccc1. The number of nitrogens with two attached hydrogens (primary N) is 1. The normalized spacial score (nSPS) is 13.0. The van der Waals surface area contributed by atoms with Gasteiger partial charge in [-0.15, -0.1) is 0 Å². The molecule has 0 aliphatic carbocycles. The summed E-state index contributed by atoms with van der Waals surface area (Å²) in [7, 11) is 0. The molecule has 2 heteroatoms. The maximum atomic E-state index is 10.5. The highest BCUT2D eigenvalue weighted by Gasteiger charge is 1.99. The van der Waals surface area contributed by atoms with Crippen molar-refractivity contribution in [3.05, 3.63) is 48.0 Å². The lowest BCUT2D eigenvalue weighted by molar-refractivity contribution is -0.113. The van der Waals surface area contributed by atoms with Crippen LogP contribution in [0.3, 0.4) is 0 Å². The van der Waals surface area contributed by atoms with Crippen LogP contribution in [0.2, 0.25) is 0 Å². The maximum Gasteiger partial charge on any atom is 0.241 e. The molecule has 0 bridgehead atoms. The molecule has 1 atom stereocenters. The average molecular weight is 175 g/mol. The summed E-state index contributed by atoms with van der Waals surface area (Å²) in [6.07, 6.45) is 3.20. The van der Waals surface area contributed by atoms with Crippen LogP contribution in [0.1, 0.15) is 18.4 Å². The third-order valence-corrected chi connectivity index (χ3v) is 1.87. The van der Waals surface area contributed by atoms with Crippen molar-refractivity contribution in [3.8, 4) is 0 Å². The predicted molar refractivity (Wildman–Crippen MR) is 53.2 cm³/mol. The molecule has 13 heavy (non-hydrogen) atoms. The monoisotopic (exact) mass is 175 g/mol. The van der Waals surface area contributed by atoms with Gasteiger partial charge in [0.15, 0.2) is 0 Å². The minimum Gasteiger partial charge on any atom is -0.366 e. The molecule has 1 amide bonds. The van der Waals surface area contributed by atoms with Gasteiger partial charge >= 0.3 is 0 Å². The molecule has 1 unspecified atom stereocenters. The summed E-state index contributed by atoms with van der Waals surface area (Å²) in [5, 5.41) is 0. The van der Waals surface area contributed by atoms with E-state index in [4.69, 9.17) is 5.73 Å². The van der Waals surface area contributed by atoms with E-state index in [9.17, 15) is 4.79 Å². The Morgan fingerprint density at radius 3 is 2.54 bits per heavy atom. The van der Waals surface area contributed by atoms with Gasteiger partial charge in [-0.25, -0.2) is 0 Å². The zero-order valence-corrected chi connectivity index (χ0v) is 7.60. The van der Waals surface area contributed by atoms with E-state index in [-0.39, 0.29) is 5.92 Å². The van der Waals surface area contributed by atoms with Gasteiger partial charge in [-0.2, -0.15) is 0 Å². The molecule has 0 saturated carbocycles. The molecule has 0 fully saturated rings. The van der Waals surface area contributed by atoms with E-state index in [0.717, 1.165) is 0 Å². The van der Waals surface area contributed by atoms with Crippen molar-refractivity contribution in [3.63, 3.8) is 0 Å². The largest absolute Gasteiger partial charge is 0.366 e. The highest BCUT2D eigenvalue weighted by atomic mass is 16.1. The number of amides is 1. The number of rotatable bonds is 3. The van der Waals surface area contributed by atoms with E-state index in [0.29, 0.717) is 0 Å². The van der Waals surface area contributed by atoms with E-state index in [1.807, 2.05) is 37.3 Å². The Kier molecular flexibility index (Phi) is 3.26. The Labute approximate surface area is 78.1 Å². The summed E-state index contributed by atoms with van der Waals surface area (Å²) in [6, 6.07) is 9.97. The quantitative estimate of drug-likeness (QED) is 0.700. The van der Waals surface area contributed by atoms with Gasteiger partial charge in [-0.3, -0.25) is 4.79 Å². The first kappa shape index (κ1) is 9.52. The summed E-state index contributed by atoms with van der Waals surface area (Å²) in [4.78, 5) is 10.5. The fourth-order valence-electron chi connectivity index (χ4n) is 1.11. The van der Waals surface area contributed by atoms with Crippen molar-refractivity contribution in [2.24, 2.45) is 5.73 Å². The standard InChI is InChI=1S/C11H13NO/c1-9(7-8-11(12)13)10-5-3-2-4-6-10/h2-9H,1H3,(H2,12,13)/b8-7+. The number of hydrogen-bond acceptors (Lipinski definition) is 1. The molecule has 1 aromatic carbocycles. The van der Waals surface area contributed by atoms with Gasteiger partial charge < -0.3 is 5.73 Å². The lowest BCUT2D eigenvalue weighted by Gasteiger charge is -2.04. The Balaban J connectivity index is 2.69. The summed E-state index contributed by atoms with van der Waals surface area (Å²) < 4.78 is 0. The second kappa shape index (κ2) is 4.45. The first-order chi connectivity index (χ1) is 6.20. The third-order valence-electron chi connectivity index (χ3n) is 1.87. The van der Waals surface area contributed by atoms with Gasteiger partial charge in [0.25, 0.3) is 0 Å². The predicted octanol–water partition coefficient (Wildman–Crippen LogP) is 1.83. The Hall–Kier alpha value is -1.57. The minimum atomic E-state index is -0.400. The van der Waals surface area contributed by atoms with E-state index in [1.54, 1.807) is 6.08 Å². The molecule has 0 saturated heterocycles. The van der Waals surface area contributed by atoms with Crippen molar-refractivity contribution in [2.45, 2.75) is 12.8 Å². The Morgan fingerprint density at radius 2 is 2.00 bits per heavy atom. The van der Waals surface area contributed by atoms with Crippen LogP contribution in [0, 0.1) is 0 Å². The number of benzene rings is 1. The second-order valence-electron chi connectivity index (χ2n) is 2.96. The van der Waals surface area contributed by atoms with Crippen molar-refractivity contribution < 1.29 is 4.79 Å². The molecular weight excluding hydrogens is 162 g/mol. The number of allylic oxidation sites excluding steroid dienone is 1. The maximum absolute atomic E-state index is 10.5. The summed E-state index contributed by atoms with van der Waals surface area (Å²) in [5.41, 5.74) is 6.17. The molecule has 1 rings (SSSR count). The number of hydrogen-bond donors (Lipinski definition) is 1. The average Bonchev–Trinajstić information content (AvgIpc) is 2.15. The van der Waals surface area contributed by atoms with Gasteiger partial charge in [-0.05, 0) is 17.6 Å². The van der Waals surface area contributed by atoms with Crippen LogP contribution in [-0.4, -0.2) is 5.91 Å². The first-order valence-corrected chi connectivity index (χ1v) is 4.22. The molecule has 0 spiro atoms. The van der Waals surface area contributed by atoms with Gasteiger partial charge in [0.05, 0.1) is 0 Å². The van der Waals surface area contributed by atoms with Crippen LogP contribution in [0.25, 0.3) is 0 Å². The highest BCUT2D eigenvalue weighted by molar-refractivity contribution is 5.85. The van der Waals surface area contributed by atoms with Crippen molar-refractivity contribution in [2.75, 3.05) is 0 Å². The molecule has 1 aromatic rings. The summed E-state index contributed by atoms with van der Waals surface area (Å²) >= 11 is 0. The van der Waals surface area contributed by atoms with E-state index < -0.39 is 5.91 Å². The van der Waals surface area contributed by atoms with E-state index in [1.165, 1.54) is 11.6 Å². The van der Waals surface area contributed by atoms with Gasteiger partial charge in [0.2, 0.25) is 5.91 Å². The number of carbonyl (C=O) groups is 1. The molecule has 0 radical (unpaired) electrons. The summed E-state index contributed by atoms with van der Waals surface area (Å²) in [5.74, 6) is -0.170. The van der Waals surface area contributed by atoms with Crippen LogP contribution in [0.15, 0.2) is 42.5 Å². The highest BCUT2D eigenvalue weighted by Crippen LogP contribution is 2.15. The number of carbonyl (C=O) groups excluding carboxylic acids is 1. The zero-order valence-electron chi connectivity index (χ0n) is 7.60. The van der Waals surface area contributed by atoms with Crippen LogP contribution in [0.5, 0.6) is 0 Å². The fourth-order valence-corrected chi connectivity index (χ4v) is 1.11. The Bertz CT molecular complexity index is 303. The fraction of sp³-hybridized carbons (Fsp3) is 0.182. The molecule has 0 aliphatic heterocycles. The molecule has 2 N–H and O–H groups in total. The lowest BCUT2D eigenvalue weighted by atomic mass is 10.0. The van der Waals surface area contributed by atoms with E-state index >= 15 is 0 Å². The minimum absolute atomic E-state index is 0.230. The molecule has 68 valence electrons. The van der Waals surface area contributed by atoms with Crippen LogP contribution in [-0.2, 0) is 4.79 Å². The van der Waals surface area contributed by atoms with Gasteiger partial charge in [0, 0.05) is 0 Å². The van der Waals surface area contributed by atoms with E-state index in [2.05, 4.69) is 0 Å². The lowest BCUT2D eigenvalue weighted by Crippen LogP contribution is -2.06. The molecule has 0 aliphatic rings.